The highest BCUT2D eigenvalue weighted by atomic mass is 16.5. The van der Waals surface area contributed by atoms with E-state index in [1.165, 1.54) is 0 Å². The van der Waals surface area contributed by atoms with Crippen LogP contribution in [-0.4, -0.2) is 21.5 Å². The second kappa shape index (κ2) is 4.22. The molecule has 2 aromatic heterocycles. The van der Waals surface area contributed by atoms with E-state index in [0.717, 1.165) is 22.7 Å². The molecule has 0 spiro atoms. The Morgan fingerprint density at radius 3 is 2.69 bits per heavy atom. The zero-order valence-electron chi connectivity index (χ0n) is 10.2. The summed E-state index contributed by atoms with van der Waals surface area (Å²) >= 11 is 0. The van der Waals surface area contributed by atoms with E-state index in [9.17, 15) is 0 Å². The summed E-state index contributed by atoms with van der Waals surface area (Å²) in [6, 6.07) is 0. The molecule has 16 heavy (non-hydrogen) atoms. The van der Waals surface area contributed by atoms with Crippen LogP contribution in [-0.2, 0) is 11.3 Å². The van der Waals surface area contributed by atoms with Gasteiger partial charge in [0.15, 0.2) is 5.65 Å². The lowest BCUT2D eigenvalue weighted by molar-refractivity contribution is 0.182. The second-order valence-electron chi connectivity index (χ2n) is 4.31. The summed E-state index contributed by atoms with van der Waals surface area (Å²) in [6.45, 7) is 6.75. The van der Waals surface area contributed by atoms with E-state index in [-0.39, 0.29) is 0 Å². The minimum absolute atomic E-state index is 0.426. The molecule has 2 heterocycles. The predicted octanol–water partition coefficient (Wildman–Crippen LogP) is 2.31. The van der Waals surface area contributed by atoms with Gasteiger partial charge in [-0.1, -0.05) is 13.8 Å². The number of fused-ring (bicyclic) bond motifs is 1. The first kappa shape index (κ1) is 11.1. The summed E-state index contributed by atoms with van der Waals surface area (Å²) in [7, 11) is 1.67. The van der Waals surface area contributed by atoms with E-state index in [4.69, 9.17) is 4.74 Å². The Kier molecular flexibility index (Phi) is 2.92. The van der Waals surface area contributed by atoms with Gasteiger partial charge in [-0.25, -0.2) is 4.98 Å². The van der Waals surface area contributed by atoms with Gasteiger partial charge in [-0.3, -0.25) is 4.98 Å². The summed E-state index contributed by atoms with van der Waals surface area (Å²) in [5.41, 5.74) is 3.86. The van der Waals surface area contributed by atoms with E-state index < -0.39 is 0 Å². The molecule has 0 saturated carbocycles. The molecule has 0 bridgehead atoms. The molecule has 0 N–H and O–H groups in total. The average molecular weight is 219 g/mol. The molecule has 4 heteroatoms. The molecule has 0 unspecified atom stereocenters. The van der Waals surface area contributed by atoms with Gasteiger partial charge in [0.05, 0.1) is 18.0 Å². The van der Waals surface area contributed by atoms with Crippen LogP contribution >= 0.6 is 0 Å². The molecule has 2 rings (SSSR count). The van der Waals surface area contributed by atoms with Crippen LogP contribution in [0.5, 0.6) is 0 Å². The van der Waals surface area contributed by atoms with Crippen LogP contribution in [0.2, 0.25) is 0 Å². The van der Waals surface area contributed by atoms with Crippen molar-refractivity contribution in [3.8, 4) is 0 Å². The number of nitrogens with zero attached hydrogens (tertiary/aromatic N) is 3. The molecule has 0 atom stereocenters. The lowest BCUT2D eigenvalue weighted by Gasteiger charge is -2.02. The van der Waals surface area contributed by atoms with Gasteiger partial charge in [0.1, 0.15) is 5.69 Å². The van der Waals surface area contributed by atoms with Gasteiger partial charge in [0.25, 0.3) is 0 Å². The highest BCUT2D eigenvalue weighted by molar-refractivity contribution is 5.46. The molecule has 0 aliphatic rings. The highest BCUT2D eigenvalue weighted by Crippen LogP contribution is 2.17. The Bertz CT molecular complexity index is 502. The standard InChI is InChI=1S/C12H17N3O/c1-8(2)10-6-15-5-9(3)13-11(7-16-4)12(15)14-10/h5-6,8H,7H2,1-4H3. The third-order valence-electron chi connectivity index (χ3n) is 2.52. The first-order chi connectivity index (χ1) is 7.61. The molecule has 0 aromatic carbocycles. The van der Waals surface area contributed by atoms with Crippen molar-refractivity contribution < 1.29 is 4.74 Å². The summed E-state index contributed by atoms with van der Waals surface area (Å²) < 4.78 is 7.18. The topological polar surface area (TPSA) is 39.4 Å². The predicted molar refractivity (Wildman–Crippen MR) is 62.5 cm³/mol. The molecule has 2 aromatic rings. The molecule has 4 nitrogen and oxygen atoms in total. The molecule has 0 aliphatic heterocycles. The van der Waals surface area contributed by atoms with E-state index >= 15 is 0 Å². The number of methoxy groups -OCH3 is 1. The average Bonchev–Trinajstić information content (AvgIpc) is 2.61. The fourth-order valence-electron chi connectivity index (χ4n) is 1.73. The summed E-state index contributed by atoms with van der Waals surface area (Å²) in [4.78, 5) is 9.05. The van der Waals surface area contributed by atoms with Gasteiger partial charge in [-0.2, -0.15) is 0 Å². The smallest absolute Gasteiger partial charge is 0.161 e. The van der Waals surface area contributed by atoms with E-state index in [0.29, 0.717) is 12.5 Å². The van der Waals surface area contributed by atoms with Crippen LogP contribution in [0.3, 0.4) is 0 Å². The molecule has 0 saturated heterocycles. The van der Waals surface area contributed by atoms with E-state index in [1.54, 1.807) is 7.11 Å². The van der Waals surface area contributed by atoms with Crippen LogP contribution in [0.1, 0.15) is 36.8 Å². The molecular weight excluding hydrogens is 202 g/mol. The van der Waals surface area contributed by atoms with Crippen molar-refractivity contribution >= 4 is 5.65 Å². The first-order valence-corrected chi connectivity index (χ1v) is 5.46. The molecule has 0 radical (unpaired) electrons. The van der Waals surface area contributed by atoms with Gasteiger partial charge in [-0.05, 0) is 12.8 Å². The van der Waals surface area contributed by atoms with Gasteiger partial charge in [0.2, 0.25) is 0 Å². The maximum absolute atomic E-state index is 5.14. The number of rotatable bonds is 3. The maximum Gasteiger partial charge on any atom is 0.161 e. The van der Waals surface area contributed by atoms with Crippen LogP contribution in [0.25, 0.3) is 5.65 Å². The molecule has 0 fully saturated rings. The van der Waals surface area contributed by atoms with Gasteiger partial charge >= 0.3 is 0 Å². The van der Waals surface area contributed by atoms with E-state index in [2.05, 4.69) is 30.0 Å². The quantitative estimate of drug-likeness (QED) is 0.795. The highest BCUT2D eigenvalue weighted by Gasteiger charge is 2.10. The number of imidazole rings is 1. The van der Waals surface area contributed by atoms with E-state index in [1.807, 2.05) is 17.5 Å². The molecular formula is C12H17N3O. The fourth-order valence-corrected chi connectivity index (χ4v) is 1.73. The molecule has 86 valence electrons. The monoisotopic (exact) mass is 219 g/mol. The largest absolute Gasteiger partial charge is 0.378 e. The maximum atomic E-state index is 5.14. The first-order valence-electron chi connectivity index (χ1n) is 5.46. The third-order valence-corrected chi connectivity index (χ3v) is 2.52. The SMILES string of the molecule is COCc1nc(C)cn2cc(C(C)C)nc12. The van der Waals surface area contributed by atoms with Crippen molar-refractivity contribution in [2.75, 3.05) is 7.11 Å². The number of ether oxygens (including phenoxy) is 1. The van der Waals surface area contributed by atoms with Crippen LogP contribution in [0, 0.1) is 6.92 Å². The second-order valence-corrected chi connectivity index (χ2v) is 4.31. The van der Waals surface area contributed by atoms with Gasteiger partial charge in [0, 0.05) is 19.5 Å². The van der Waals surface area contributed by atoms with Crippen molar-refractivity contribution in [2.24, 2.45) is 0 Å². The van der Waals surface area contributed by atoms with Crippen LogP contribution in [0.4, 0.5) is 0 Å². The zero-order chi connectivity index (χ0) is 11.7. The Morgan fingerprint density at radius 2 is 2.06 bits per heavy atom. The summed E-state index contributed by atoms with van der Waals surface area (Å²) in [5.74, 6) is 0.426. The normalized spacial score (nSPS) is 11.6. The Labute approximate surface area is 95.3 Å². The number of aryl methyl sites for hydroxylation is 1. The Hall–Kier alpha value is -1.42. The summed E-state index contributed by atoms with van der Waals surface area (Å²) in [6.07, 6.45) is 4.06. The lowest BCUT2D eigenvalue weighted by atomic mass is 10.2. The third kappa shape index (κ3) is 1.93. The van der Waals surface area contributed by atoms with Gasteiger partial charge < -0.3 is 9.14 Å². The number of aromatic nitrogens is 3. The van der Waals surface area contributed by atoms with Crippen molar-refractivity contribution in [3.63, 3.8) is 0 Å². The lowest BCUT2D eigenvalue weighted by Crippen LogP contribution is -2.00. The van der Waals surface area contributed by atoms with Crippen molar-refractivity contribution in [1.29, 1.82) is 0 Å². The summed E-state index contributed by atoms with van der Waals surface area (Å²) in [5, 5.41) is 0. The molecule has 0 aliphatic carbocycles. The molecule has 0 amide bonds. The van der Waals surface area contributed by atoms with Gasteiger partial charge in [-0.15, -0.1) is 0 Å². The Balaban J connectivity index is 2.60. The van der Waals surface area contributed by atoms with Crippen molar-refractivity contribution in [2.45, 2.75) is 33.3 Å². The van der Waals surface area contributed by atoms with Crippen LogP contribution in [0.15, 0.2) is 12.4 Å². The zero-order valence-corrected chi connectivity index (χ0v) is 10.2. The fraction of sp³-hybridized carbons (Fsp3) is 0.500. The van der Waals surface area contributed by atoms with Crippen molar-refractivity contribution in [1.82, 2.24) is 14.4 Å². The van der Waals surface area contributed by atoms with Crippen LogP contribution < -0.4 is 0 Å². The van der Waals surface area contributed by atoms with Crippen molar-refractivity contribution in [3.05, 3.63) is 29.5 Å². The Morgan fingerprint density at radius 1 is 1.31 bits per heavy atom. The minimum Gasteiger partial charge on any atom is -0.378 e. The minimum atomic E-state index is 0.426. The number of hydrogen-bond donors (Lipinski definition) is 0. The number of hydrogen-bond acceptors (Lipinski definition) is 3.